The van der Waals surface area contributed by atoms with Crippen LogP contribution in [0.3, 0.4) is 0 Å². The van der Waals surface area contributed by atoms with Crippen molar-refractivity contribution in [2.75, 3.05) is 0 Å². The molecule has 0 unspecified atom stereocenters. The second kappa shape index (κ2) is 6.93. The molecule has 2 aromatic rings. The van der Waals surface area contributed by atoms with Crippen LogP contribution < -0.4 is 10.6 Å². The molecule has 3 atom stereocenters. The molecule has 142 valence electrons. The lowest BCUT2D eigenvalue weighted by Crippen LogP contribution is -2.72. The minimum Gasteiger partial charge on any atom is -0.363 e. The number of aromatic nitrogens is 1. The lowest BCUT2D eigenvalue weighted by Gasteiger charge is -2.45. The number of hydrogen-bond donors (Lipinski definition) is 3. The molecule has 1 aromatic carbocycles. The van der Waals surface area contributed by atoms with Crippen LogP contribution in [0.4, 0.5) is 18.0 Å². The first-order valence-electron chi connectivity index (χ1n) is 7.71. The normalized spacial score (nSPS) is 25.4. The average Bonchev–Trinajstić information content (AvgIpc) is 2.61. The largest absolute Gasteiger partial charge is 0.437 e. The fourth-order valence-electron chi connectivity index (χ4n) is 2.97. The summed E-state index contributed by atoms with van der Waals surface area (Å²) < 4.78 is 41.8. The molecule has 1 saturated heterocycles. The minimum atomic E-state index is -5.29. The van der Waals surface area contributed by atoms with E-state index in [-0.39, 0.29) is 11.1 Å². The monoisotopic (exact) mass is 443 g/mol. The number of benzene rings is 1. The molecular weight excluding hydrogens is 431 g/mol. The quantitative estimate of drug-likeness (QED) is 0.636. The molecule has 3 N–H and O–H groups in total. The van der Waals surface area contributed by atoms with E-state index < -0.39 is 35.7 Å². The van der Waals surface area contributed by atoms with Crippen molar-refractivity contribution in [3.05, 3.63) is 64.4 Å². The molecule has 6 nitrogen and oxygen atoms in total. The van der Waals surface area contributed by atoms with Crippen molar-refractivity contribution in [3.8, 4) is 0 Å². The van der Waals surface area contributed by atoms with Gasteiger partial charge in [-0.2, -0.15) is 13.2 Å². The Kier molecular flexibility index (Phi) is 4.96. The summed E-state index contributed by atoms with van der Waals surface area (Å²) >= 11 is 3.21. The van der Waals surface area contributed by atoms with Crippen molar-refractivity contribution in [1.82, 2.24) is 15.6 Å². The molecular formula is C17H13BrF3N3O3. The van der Waals surface area contributed by atoms with Crippen molar-refractivity contribution in [2.24, 2.45) is 5.92 Å². The smallest absolute Gasteiger partial charge is 0.363 e. The van der Waals surface area contributed by atoms with Crippen molar-refractivity contribution < 1.29 is 27.9 Å². The van der Waals surface area contributed by atoms with E-state index in [1.165, 1.54) is 35.8 Å². The Morgan fingerprint density at radius 3 is 2.44 bits per heavy atom. The number of carbonyl (C=O) groups is 2. The van der Waals surface area contributed by atoms with E-state index in [2.05, 4.69) is 26.2 Å². The number of Topliss-reactive ketones (excluding diaryl/α,β-unsaturated/α-hetero) is 1. The maximum absolute atomic E-state index is 13.7. The van der Waals surface area contributed by atoms with Gasteiger partial charge in [0.2, 0.25) is 5.72 Å². The highest BCUT2D eigenvalue weighted by atomic mass is 79.9. The van der Waals surface area contributed by atoms with Crippen LogP contribution in [0.2, 0.25) is 0 Å². The van der Waals surface area contributed by atoms with E-state index in [4.69, 9.17) is 0 Å². The highest BCUT2D eigenvalue weighted by Gasteiger charge is 2.66. The van der Waals surface area contributed by atoms with Gasteiger partial charge in [0.25, 0.3) is 0 Å². The van der Waals surface area contributed by atoms with Crippen molar-refractivity contribution in [3.63, 3.8) is 0 Å². The van der Waals surface area contributed by atoms with E-state index in [1.54, 1.807) is 12.1 Å². The molecule has 1 aliphatic heterocycles. The summed E-state index contributed by atoms with van der Waals surface area (Å²) in [4.78, 5) is 28.5. The van der Waals surface area contributed by atoms with E-state index in [0.29, 0.717) is 4.47 Å². The Hall–Kier alpha value is -2.46. The zero-order chi connectivity index (χ0) is 19.8. The van der Waals surface area contributed by atoms with Gasteiger partial charge in [-0.3, -0.25) is 9.78 Å². The second-order valence-corrected chi connectivity index (χ2v) is 6.89. The molecule has 0 bridgehead atoms. The fraction of sp³-hybridized carbons (Fsp3) is 0.235. The van der Waals surface area contributed by atoms with Gasteiger partial charge in [0.05, 0.1) is 6.04 Å². The SMILES string of the molecule is O=C1N[C@@H](c2ccc(Br)cc2)[C@H](C(=O)c2cccnc2)[C@@](O)(C(F)(F)F)N1. The molecule has 10 heteroatoms. The fourth-order valence-corrected chi connectivity index (χ4v) is 3.24. The molecule has 2 heterocycles. The molecule has 0 radical (unpaired) electrons. The van der Waals surface area contributed by atoms with E-state index in [0.717, 1.165) is 6.20 Å². The van der Waals surface area contributed by atoms with Gasteiger partial charge in [0, 0.05) is 22.4 Å². The number of amides is 2. The van der Waals surface area contributed by atoms with Crippen LogP contribution in [0.15, 0.2) is 53.3 Å². The van der Waals surface area contributed by atoms with E-state index in [9.17, 15) is 27.9 Å². The topological polar surface area (TPSA) is 91.3 Å². The number of rotatable bonds is 3. The number of ketones is 1. The average molecular weight is 444 g/mol. The third-order valence-corrected chi connectivity index (χ3v) is 4.79. The standard InChI is InChI=1S/C17H13BrF3N3O3/c18-11-5-3-9(4-6-11)13-12(14(25)10-2-1-7-22-8-10)16(27,17(19,20)21)24-15(26)23-13/h1-8,12-13,27H,(H2,23,24,26)/t12-,13+,16-/m1/s1. The van der Waals surface area contributed by atoms with Crippen LogP contribution >= 0.6 is 15.9 Å². The molecule has 0 aliphatic carbocycles. The Morgan fingerprint density at radius 1 is 1.22 bits per heavy atom. The summed E-state index contributed by atoms with van der Waals surface area (Å²) in [6.45, 7) is 0. The van der Waals surface area contributed by atoms with Crippen LogP contribution in [0.5, 0.6) is 0 Å². The predicted molar refractivity (Wildman–Crippen MR) is 91.6 cm³/mol. The summed E-state index contributed by atoms with van der Waals surface area (Å²) in [5, 5.41) is 14.2. The predicted octanol–water partition coefficient (Wildman–Crippen LogP) is 2.95. The maximum atomic E-state index is 13.7. The second-order valence-electron chi connectivity index (χ2n) is 5.98. The van der Waals surface area contributed by atoms with Gasteiger partial charge in [-0.1, -0.05) is 28.1 Å². The number of pyridine rings is 1. The van der Waals surface area contributed by atoms with Gasteiger partial charge in [-0.25, -0.2) is 4.79 Å². The lowest BCUT2D eigenvalue weighted by molar-refractivity contribution is -0.287. The number of alkyl halides is 3. The molecule has 0 saturated carbocycles. The molecule has 2 amide bonds. The number of carbonyl (C=O) groups excluding carboxylic acids is 2. The first kappa shape index (κ1) is 19.3. The third-order valence-electron chi connectivity index (χ3n) is 4.26. The van der Waals surface area contributed by atoms with Crippen LogP contribution in [0, 0.1) is 5.92 Å². The van der Waals surface area contributed by atoms with Crippen LogP contribution in [-0.4, -0.2) is 33.8 Å². The highest BCUT2D eigenvalue weighted by Crippen LogP contribution is 2.43. The summed E-state index contributed by atoms with van der Waals surface area (Å²) in [7, 11) is 0. The Balaban J connectivity index is 2.15. The molecule has 3 rings (SSSR count). The van der Waals surface area contributed by atoms with Gasteiger partial charge in [-0.15, -0.1) is 0 Å². The molecule has 27 heavy (non-hydrogen) atoms. The molecule has 1 aromatic heterocycles. The van der Waals surface area contributed by atoms with Crippen LogP contribution in [0.1, 0.15) is 22.0 Å². The first-order valence-corrected chi connectivity index (χ1v) is 8.50. The summed E-state index contributed by atoms with van der Waals surface area (Å²) in [5.41, 5.74) is -3.64. The van der Waals surface area contributed by atoms with Gasteiger partial charge in [0.1, 0.15) is 5.92 Å². The maximum Gasteiger partial charge on any atom is 0.437 e. The van der Waals surface area contributed by atoms with Gasteiger partial charge >= 0.3 is 12.2 Å². The van der Waals surface area contributed by atoms with E-state index >= 15 is 0 Å². The number of aliphatic hydroxyl groups is 1. The molecule has 1 fully saturated rings. The van der Waals surface area contributed by atoms with Gasteiger partial charge < -0.3 is 15.7 Å². The number of halogens is 4. The Labute approximate surface area is 159 Å². The number of hydrogen-bond acceptors (Lipinski definition) is 4. The molecule has 0 spiro atoms. The Morgan fingerprint density at radius 2 is 1.89 bits per heavy atom. The minimum absolute atomic E-state index is 0.120. The first-order chi connectivity index (χ1) is 12.6. The van der Waals surface area contributed by atoms with E-state index in [1.807, 2.05) is 0 Å². The van der Waals surface area contributed by atoms with Gasteiger partial charge in [0.15, 0.2) is 5.78 Å². The zero-order valence-electron chi connectivity index (χ0n) is 13.5. The van der Waals surface area contributed by atoms with Crippen molar-refractivity contribution >= 4 is 27.7 Å². The number of nitrogens with one attached hydrogen (secondary N) is 2. The van der Waals surface area contributed by atoms with Gasteiger partial charge in [-0.05, 0) is 29.8 Å². The number of urea groups is 1. The van der Waals surface area contributed by atoms with Crippen molar-refractivity contribution in [1.29, 1.82) is 0 Å². The Bertz CT molecular complexity index is 861. The molecule has 1 aliphatic rings. The lowest BCUT2D eigenvalue weighted by atomic mass is 9.77. The van der Waals surface area contributed by atoms with Crippen LogP contribution in [0.25, 0.3) is 0 Å². The summed E-state index contributed by atoms with van der Waals surface area (Å²) in [5.74, 6) is -3.08. The highest BCUT2D eigenvalue weighted by molar-refractivity contribution is 9.10. The summed E-state index contributed by atoms with van der Waals surface area (Å²) in [6, 6.07) is 6.07. The number of nitrogens with zero attached hydrogens (tertiary/aromatic N) is 1. The van der Waals surface area contributed by atoms with Crippen molar-refractivity contribution in [2.45, 2.75) is 17.9 Å². The zero-order valence-corrected chi connectivity index (χ0v) is 15.1. The summed E-state index contributed by atoms with van der Waals surface area (Å²) in [6.07, 6.45) is -2.82. The third kappa shape index (κ3) is 3.54. The van der Waals surface area contributed by atoms with Crippen LogP contribution in [-0.2, 0) is 0 Å².